The van der Waals surface area contributed by atoms with Gasteiger partial charge in [0.05, 0.1) is 11.6 Å². The van der Waals surface area contributed by atoms with E-state index in [1.807, 2.05) is 31.2 Å². The van der Waals surface area contributed by atoms with Gasteiger partial charge in [-0.1, -0.05) is 37.3 Å². The maximum absolute atomic E-state index is 13.8. The number of nitrogens with zero attached hydrogens (tertiary/aromatic N) is 1. The van der Waals surface area contributed by atoms with Crippen LogP contribution in [-0.2, 0) is 11.3 Å². The topological polar surface area (TPSA) is 73.5 Å². The number of hydrogen-bond acceptors (Lipinski definition) is 3. The number of likely N-dealkylation sites (tertiary alicyclic amines) is 1. The van der Waals surface area contributed by atoms with Gasteiger partial charge in [0.2, 0.25) is 5.91 Å². The van der Waals surface area contributed by atoms with Gasteiger partial charge in [0.25, 0.3) is 0 Å². The number of para-hydroxylation sites is 2. The standard InChI is InChI=1S/C22H27FN4O2/c1-2-24-14-16-8-3-5-11-19(16)25-21(28)17-9-7-13-27(15-17)22(29)26-20-12-6-4-10-18(20)23/h3-6,8,10-12,17,24H,2,7,9,13-15H2,1H3,(H,25,28)(H,26,29). The molecule has 1 aliphatic heterocycles. The molecule has 0 saturated carbocycles. The molecule has 6 nitrogen and oxygen atoms in total. The number of carbonyl (C=O) groups excluding carboxylic acids is 2. The number of anilines is 2. The van der Waals surface area contributed by atoms with Gasteiger partial charge in [-0.2, -0.15) is 0 Å². The molecule has 1 aliphatic rings. The third-order valence-corrected chi connectivity index (χ3v) is 5.04. The first kappa shape index (κ1) is 20.8. The second-order valence-electron chi connectivity index (χ2n) is 7.12. The van der Waals surface area contributed by atoms with Crippen LogP contribution in [-0.4, -0.2) is 36.5 Å². The first-order valence-corrected chi connectivity index (χ1v) is 9.98. The van der Waals surface area contributed by atoms with Crippen molar-refractivity contribution in [3.05, 3.63) is 59.9 Å². The summed E-state index contributed by atoms with van der Waals surface area (Å²) in [4.78, 5) is 26.9. The molecule has 1 fully saturated rings. The Morgan fingerprint density at radius 2 is 1.79 bits per heavy atom. The summed E-state index contributed by atoms with van der Waals surface area (Å²) in [7, 11) is 0. The van der Waals surface area contributed by atoms with Crippen LogP contribution in [0.5, 0.6) is 0 Å². The van der Waals surface area contributed by atoms with E-state index in [9.17, 15) is 14.0 Å². The van der Waals surface area contributed by atoms with Crippen LogP contribution in [0.1, 0.15) is 25.3 Å². The summed E-state index contributed by atoms with van der Waals surface area (Å²) in [6.45, 7) is 4.40. The number of piperidine rings is 1. The zero-order chi connectivity index (χ0) is 20.6. The van der Waals surface area contributed by atoms with Crippen LogP contribution in [0.3, 0.4) is 0 Å². The zero-order valence-corrected chi connectivity index (χ0v) is 16.6. The number of rotatable bonds is 6. The van der Waals surface area contributed by atoms with Gasteiger partial charge in [0, 0.05) is 25.3 Å². The highest BCUT2D eigenvalue weighted by atomic mass is 19.1. The molecule has 0 spiro atoms. The molecule has 2 aromatic carbocycles. The zero-order valence-electron chi connectivity index (χ0n) is 16.6. The normalized spacial score (nSPS) is 16.3. The third-order valence-electron chi connectivity index (χ3n) is 5.04. The maximum atomic E-state index is 13.8. The van der Waals surface area contributed by atoms with Crippen molar-refractivity contribution >= 4 is 23.3 Å². The Labute approximate surface area is 170 Å². The lowest BCUT2D eigenvalue weighted by Crippen LogP contribution is -2.45. The number of hydrogen-bond donors (Lipinski definition) is 3. The van der Waals surface area contributed by atoms with Crippen LogP contribution in [0.2, 0.25) is 0 Å². The quantitative estimate of drug-likeness (QED) is 0.693. The molecule has 3 rings (SSSR count). The van der Waals surface area contributed by atoms with E-state index >= 15 is 0 Å². The van der Waals surface area contributed by atoms with E-state index in [0.29, 0.717) is 26.1 Å². The molecule has 2 aromatic rings. The smallest absolute Gasteiger partial charge is 0.321 e. The summed E-state index contributed by atoms with van der Waals surface area (Å²) in [6, 6.07) is 13.4. The Kier molecular flexibility index (Phi) is 7.19. The van der Waals surface area contributed by atoms with E-state index in [4.69, 9.17) is 0 Å². The van der Waals surface area contributed by atoms with Gasteiger partial charge in [-0.3, -0.25) is 4.79 Å². The summed E-state index contributed by atoms with van der Waals surface area (Å²) in [5, 5.41) is 8.87. The fourth-order valence-electron chi connectivity index (χ4n) is 3.42. The predicted molar refractivity (Wildman–Crippen MR) is 112 cm³/mol. The van der Waals surface area contributed by atoms with Gasteiger partial charge in [-0.15, -0.1) is 0 Å². The Morgan fingerprint density at radius 1 is 1.07 bits per heavy atom. The van der Waals surface area contributed by atoms with E-state index in [1.54, 1.807) is 17.0 Å². The molecule has 0 aromatic heterocycles. The third kappa shape index (κ3) is 5.54. The minimum Gasteiger partial charge on any atom is -0.325 e. The van der Waals surface area contributed by atoms with E-state index in [-0.39, 0.29) is 23.5 Å². The Hall–Kier alpha value is -2.93. The minimum atomic E-state index is -0.482. The van der Waals surface area contributed by atoms with Crippen molar-refractivity contribution in [3.8, 4) is 0 Å². The first-order chi connectivity index (χ1) is 14.1. The number of carbonyl (C=O) groups is 2. The van der Waals surface area contributed by atoms with E-state index in [2.05, 4.69) is 16.0 Å². The van der Waals surface area contributed by atoms with Crippen molar-refractivity contribution in [1.82, 2.24) is 10.2 Å². The molecule has 0 aliphatic carbocycles. The van der Waals surface area contributed by atoms with Crippen LogP contribution in [0.4, 0.5) is 20.6 Å². The van der Waals surface area contributed by atoms with Gasteiger partial charge in [0.15, 0.2) is 0 Å². The largest absolute Gasteiger partial charge is 0.325 e. The average Bonchev–Trinajstić information content (AvgIpc) is 2.74. The van der Waals surface area contributed by atoms with Crippen molar-refractivity contribution in [1.29, 1.82) is 0 Å². The van der Waals surface area contributed by atoms with E-state index in [0.717, 1.165) is 24.2 Å². The highest BCUT2D eigenvalue weighted by molar-refractivity contribution is 5.94. The average molecular weight is 398 g/mol. The molecule has 1 heterocycles. The maximum Gasteiger partial charge on any atom is 0.321 e. The molecule has 0 bridgehead atoms. The molecule has 1 atom stereocenters. The summed E-state index contributed by atoms with van der Waals surface area (Å²) in [5.74, 6) is -0.885. The van der Waals surface area contributed by atoms with Gasteiger partial charge in [0.1, 0.15) is 5.82 Å². The van der Waals surface area contributed by atoms with Crippen molar-refractivity contribution < 1.29 is 14.0 Å². The second kappa shape index (κ2) is 10.0. The molecule has 3 amide bonds. The van der Waals surface area contributed by atoms with Crippen LogP contribution >= 0.6 is 0 Å². The lowest BCUT2D eigenvalue weighted by Gasteiger charge is -2.32. The number of benzene rings is 2. The summed E-state index contributed by atoms with van der Waals surface area (Å²) >= 11 is 0. The number of nitrogens with one attached hydrogen (secondary N) is 3. The first-order valence-electron chi connectivity index (χ1n) is 9.98. The van der Waals surface area contributed by atoms with Crippen LogP contribution < -0.4 is 16.0 Å². The SMILES string of the molecule is CCNCc1ccccc1NC(=O)C1CCCN(C(=O)Nc2ccccc2F)C1. The van der Waals surface area contributed by atoms with Crippen molar-refractivity contribution in [3.63, 3.8) is 0 Å². The van der Waals surface area contributed by atoms with Gasteiger partial charge >= 0.3 is 6.03 Å². The van der Waals surface area contributed by atoms with E-state index in [1.165, 1.54) is 12.1 Å². The predicted octanol–water partition coefficient (Wildman–Crippen LogP) is 3.82. The lowest BCUT2D eigenvalue weighted by molar-refractivity contribution is -0.121. The molecule has 1 unspecified atom stereocenters. The summed E-state index contributed by atoms with van der Waals surface area (Å²) in [6.07, 6.45) is 1.44. The monoisotopic (exact) mass is 398 g/mol. The number of urea groups is 1. The molecule has 29 heavy (non-hydrogen) atoms. The fourth-order valence-corrected chi connectivity index (χ4v) is 3.42. The van der Waals surface area contributed by atoms with Crippen LogP contribution in [0, 0.1) is 11.7 Å². The second-order valence-corrected chi connectivity index (χ2v) is 7.12. The van der Waals surface area contributed by atoms with Gasteiger partial charge in [-0.05, 0) is 43.1 Å². The molecular formula is C22H27FN4O2. The lowest BCUT2D eigenvalue weighted by atomic mass is 9.97. The molecular weight excluding hydrogens is 371 g/mol. The van der Waals surface area contributed by atoms with Crippen molar-refractivity contribution in [2.75, 3.05) is 30.3 Å². The molecule has 3 N–H and O–H groups in total. The molecule has 1 saturated heterocycles. The van der Waals surface area contributed by atoms with E-state index < -0.39 is 5.82 Å². The summed E-state index contributed by atoms with van der Waals surface area (Å²) < 4.78 is 13.8. The van der Waals surface area contributed by atoms with Gasteiger partial charge in [-0.25, -0.2) is 9.18 Å². The van der Waals surface area contributed by atoms with Gasteiger partial charge < -0.3 is 20.9 Å². The highest BCUT2D eigenvalue weighted by Gasteiger charge is 2.29. The highest BCUT2D eigenvalue weighted by Crippen LogP contribution is 2.22. The Balaban J connectivity index is 1.61. The Bertz CT molecular complexity index is 858. The summed E-state index contributed by atoms with van der Waals surface area (Å²) in [5.41, 5.74) is 1.94. The fraction of sp³-hybridized carbons (Fsp3) is 0.364. The molecule has 7 heteroatoms. The molecule has 154 valence electrons. The molecule has 0 radical (unpaired) electrons. The van der Waals surface area contributed by atoms with Crippen LogP contribution in [0.25, 0.3) is 0 Å². The minimum absolute atomic E-state index is 0.0997. The van der Waals surface area contributed by atoms with Crippen molar-refractivity contribution in [2.24, 2.45) is 5.92 Å². The van der Waals surface area contributed by atoms with Crippen molar-refractivity contribution in [2.45, 2.75) is 26.3 Å². The number of amides is 3. The Morgan fingerprint density at radius 3 is 2.55 bits per heavy atom. The van der Waals surface area contributed by atoms with Crippen LogP contribution in [0.15, 0.2) is 48.5 Å². The number of halogens is 1.